The summed E-state index contributed by atoms with van der Waals surface area (Å²) in [6.45, 7) is 1.87. The number of nitrogens with two attached hydrogens (primary N) is 1. The van der Waals surface area contributed by atoms with E-state index in [0.717, 1.165) is 24.2 Å². The molecule has 5 nitrogen and oxygen atoms in total. The van der Waals surface area contributed by atoms with Crippen molar-refractivity contribution in [3.8, 4) is 11.5 Å². The maximum Gasteiger partial charge on any atom is 0.261 e. The highest BCUT2D eigenvalue weighted by Crippen LogP contribution is 2.38. The molecule has 16 heavy (non-hydrogen) atoms. The van der Waals surface area contributed by atoms with E-state index in [0.29, 0.717) is 17.6 Å². The minimum absolute atomic E-state index is 0.0921. The quantitative estimate of drug-likeness (QED) is 0.854. The summed E-state index contributed by atoms with van der Waals surface area (Å²) in [6, 6.07) is 1.77. The fourth-order valence-corrected chi connectivity index (χ4v) is 1.71. The molecule has 3 rings (SSSR count). The number of nitrogens with zero attached hydrogens (tertiary/aromatic N) is 2. The van der Waals surface area contributed by atoms with Gasteiger partial charge in [-0.2, -0.15) is 4.98 Å². The normalized spacial score (nSPS) is 17.6. The third kappa shape index (κ3) is 1.63. The molecule has 84 valence electrons. The molecule has 2 heterocycles. The predicted molar refractivity (Wildman–Crippen MR) is 56.4 cm³/mol. The number of aryl methyl sites for hydroxylation is 1. The Morgan fingerprint density at radius 3 is 2.94 bits per heavy atom. The highest BCUT2D eigenvalue weighted by atomic mass is 16.5. The van der Waals surface area contributed by atoms with Gasteiger partial charge in [0.15, 0.2) is 5.82 Å². The first-order valence-corrected chi connectivity index (χ1v) is 5.39. The van der Waals surface area contributed by atoms with Crippen molar-refractivity contribution < 1.29 is 8.94 Å². The lowest BCUT2D eigenvalue weighted by Gasteiger charge is -2.01. The molecule has 0 saturated heterocycles. The fourth-order valence-electron chi connectivity index (χ4n) is 1.71. The summed E-state index contributed by atoms with van der Waals surface area (Å²) in [5.74, 6) is 2.41. The van der Waals surface area contributed by atoms with Crippen LogP contribution >= 0.6 is 0 Å². The van der Waals surface area contributed by atoms with Crippen molar-refractivity contribution in [1.29, 1.82) is 0 Å². The van der Waals surface area contributed by atoms with E-state index in [4.69, 9.17) is 14.7 Å². The number of aromatic nitrogens is 2. The van der Waals surface area contributed by atoms with Crippen LogP contribution in [0.15, 0.2) is 21.3 Å². The van der Waals surface area contributed by atoms with Crippen molar-refractivity contribution in [2.75, 3.05) is 0 Å². The molecule has 0 aromatic carbocycles. The fraction of sp³-hybridized carbons (Fsp3) is 0.455. The summed E-state index contributed by atoms with van der Waals surface area (Å²) in [4.78, 5) is 4.29. The first kappa shape index (κ1) is 9.59. The van der Waals surface area contributed by atoms with Gasteiger partial charge in [0.2, 0.25) is 0 Å². The van der Waals surface area contributed by atoms with Gasteiger partial charge in [0.25, 0.3) is 5.89 Å². The molecule has 0 spiro atoms. The Hall–Kier alpha value is -1.62. The minimum atomic E-state index is -0.0921. The zero-order valence-corrected chi connectivity index (χ0v) is 9.01. The first-order chi connectivity index (χ1) is 7.74. The van der Waals surface area contributed by atoms with Gasteiger partial charge >= 0.3 is 0 Å². The van der Waals surface area contributed by atoms with Gasteiger partial charge in [0.05, 0.1) is 11.6 Å². The van der Waals surface area contributed by atoms with E-state index in [-0.39, 0.29) is 6.04 Å². The average Bonchev–Trinajstić information content (AvgIpc) is 2.84. The molecule has 0 aliphatic heterocycles. The lowest BCUT2D eigenvalue weighted by atomic mass is 10.2. The van der Waals surface area contributed by atoms with Gasteiger partial charge in [-0.05, 0) is 31.7 Å². The van der Waals surface area contributed by atoms with Crippen LogP contribution < -0.4 is 5.73 Å². The van der Waals surface area contributed by atoms with Crippen LogP contribution in [0, 0.1) is 12.8 Å². The standard InChI is InChI=1S/C11H13N3O2/c1-6-4-8(5-15-6)11-13-10(14-16-11)9(12)7-2-3-7/h4-5,7,9H,2-3,12H2,1H3. The molecule has 2 aromatic heterocycles. The monoisotopic (exact) mass is 219 g/mol. The van der Waals surface area contributed by atoms with E-state index in [1.54, 1.807) is 6.26 Å². The summed E-state index contributed by atoms with van der Waals surface area (Å²) in [5, 5.41) is 3.91. The molecule has 2 N–H and O–H groups in total. The van der Waals surface area contributed by atoms with Crippen LogP contribution in [0.25, 0.3) is 11.5 Å². The van der Waals surface area contributed by atoms with Crippen LogP contribution in [0.3, 0.4) is 0 Å². The smallest absolute Gasteiger partial charge is 0.261 e. The van der Waals surface area contributed by atoms with Crippen molar-refractivity contribution in [2.24, 2.45) is 11.7 Å². The van der Waals surface area contributed by atoms with Crippen molar-refractivity contribution in [1.82, 2.24) is 10.1 Å². The van der Waals surface area contributed by atoms with Crippen LogP contribution in [-0.4, -0.2) is 10.1 Å². The zero-order valence-electron chi connectivity index (χ0n) is 9.01. The molecule has 0 bridgehead atoms. The molecular weight excluding hydrogens is 206 g/mol. The molecule has 1 unspecified atom stereocenters. The third-order valence-corrected chi connectivity index (χ3v) is 2.85. The second kappa shape index (κ2) is 3.45. The largest absolute Gasteiger partial charge is 0.469 e. The average molecular weight is 219 g/mol. The summed E-state index contributed by atoms with van der Waals surface area (Å²) in [6.07, 6.45) is 3.93. The molecule has 1 atom stereocenters. The summed E-state index contributed by atoms with van der Waals surface area (Å²) in [5.41, 5.74) is 6.79. The maximum absolute atomic E-state index is 5.99. The summed E-state index contributed by atoms with van der Waals surface area (Å²) >= 11 is 0. The van der Waals surface area contributed by atoms with Crippen molar-refractivity contribution in [3.05, 3.63) is 23.9 Å². The van der Waals surface area contributed by atoms with E-state index in [1.165, 1.54) is 0 Å². The Balaban J connectivity index is 1.86. The van der Waals surface area contributed by atoms with Crippen LogP contribution in [0.2, 0.25) is 0 Å². The highest BCUT2D eigenvalue weighted by Gasteiger charge is 2.32. The Labute approximate surface area is 92.6 Å². The third-order valence-electron chi connectivity index (χ3n) is 2.85. The van der Waals surface area contributed by atoms with Gasteiger partial charge in [-0.3, -0.25) is 0 Å². The van der Waals surface area contributed by atoms with Crippen molar-refractivity contribution in [3.63, 3.8) is 0 Å². The van der Waals surface area contributed by atoms with Crippen LogP contribution in [0.4, 0.5) is 0 Å². The van der Waals surface area contributed by atoms with Gasteiger partial charge in [-0.1, -0.05) is 5.16 Å². The second-order valence-electron chi connectivity index (χ2n) is 4.27. The van der Waals surface area contributed by atoms with Crippen LogP contribution in [-0.2, 0) is 0 Å². The molecule has 0 amide bonds. The summed E-state index contributed by atoms with van der Waals surface area (Å²) in [7, 11) is 0. The topological polar surface area (TPSA) is 78.1 Å². The minimum Gasteiger partial charge on any atom is -0.469 e. The van der Waals surface area contributed by atoms with Crippen LogP contribution in [0.5, 0.6) is 0 Å². The highest BCUT2D eigenvalue weighted by molar-refractivity contribution is 5.51. The Kier molecular flexibility index (Phi) is 2.07. The first-order valence-electron chi connectivity index (χ1n) is 5.39. The number of hydrogen-bond acceptors (Lipinski definition) is 5. The number of furan rings is 1. The molecule has 2 aromatic rings. The van der Waals surface area contributed by atoms with Gasteiger partial charge in [0.1, 0.15) is 12.0 Å². The van der Waals surface area contributed by atoms with Crippen molar-refractivity contribution >= 4 is 0 Å². The SMILES string of the molecule is Cc1cc(-c2nc(C(N)C3CC3)no2)co1. The lowest BCUT2D eigenvalue weighted by Crippen LogP contribution is -2.13. The lowest BCUT2D eigenvalue weighted by molar-refractivity contribution is 0.411. The molecular formula is C11H13N3O2. The Morgan fingerprint density at radius 2 is 2.31 bits per heavy atom. The molecule has 1 aliphatic carbocycles. The maximum atomic E-state index is 5.99. The van der Waals surface area contributed by atoms with E-state index < -0.39 is 0 Å². The molecule has 0 radical (unpaired) electrons. The van der Waals surface area contributed by atoms with Crippen LogP contribution in [0.1, 0.15) is 30.5 Å². The molecule has 1 aliphatic rings. The number of hydrogen-bond donors (Lipinski definition) is 1. The second-order valence-corrected chi connectivity index (χ2v) is 4.27. The molecule has 1 fully saturated rings. The van der Waals surface area contributed by atoms with Gasteiger partial charge in [-0.15, -0.1) is 0 Å². The van der Waals surface area contributed by atoms with E-state index in [1.807, 2.05) is 13.0 Å². The van der Waals surface area contributed by atoms with Crippen molar-refractivity contribution in [2.45, 2.75) is 25.8 Å². The molecule has 1 saturated carbocycles. The van der Waals surface area contributed by atoms with Gasteiger partial charge in [-0.25, -0.2) is 0 Å². The van der Waals surface area contributed by atoms with Gasteiger partial charge in [0, 0.05) is 0 Å². The number of rotatable bonds is 3. The van der Waals surface area contributed by atoms with Gasteiger partial charge < -0.3 is 14.7 Å². The Bertz CT molecular complexity index is 499. The predicted octanol–water partition coefficient (Wildman–Crippen LogP) is 2.05. The van der Waals surface area contributed by atoms with E-state index in [9.17, 15) is 0 Å². The summed E-state index contributed by atoms with van der Waals surface area (Å²) < 4.78 is 10.4. The Morgan fingerprint density at radius 1 is 1.50 bits per heavy atom. The zero-order chi connectivity index (χ0) is 11.1. The van der Waals surface area contributed by atoms with E-state index >= 15 is 0 Å². The van der Waals surface area contributed by atoms with E-state index in [2.05, 4.69) is 10.1 Å². The molecule has 5 heteroatoms.